The molecular weight excluding hydrogens is 495 g/mol. The highest BCUT2D eigenvalue weighted by atomic mass is 19.4. The van der Waals surface area contributed by atoms with E-state index in [0.29, 0.717) is 13.0 Å². The van der Waals surface area contributed by atoms with E-state index in [4.69, 9.17) is 0 Å². The molecule has 1 saturated carbocycles. The van der Waals surface area contributed by atoms with Crippen LogP contribution in [0.1, 0.15) is 47.0 Å². The van der Waals surface area contributed by atoms with E-state index in [1.54, 1.807) is 0 Å². The van der Waals surface area contributed by atoms with Crippen LogP contribution in [0.3, 0.4) is 0 Å². The summed E-state index contributed by atoms with van der Waals surface area (Å²) in [5, 5.41) is 36.7. The Labute approximate surface area is 213 Å². The third kappa shape index (κ3) is 6.02. The number of nitrogens with one attached hydrogen (secondary N) is 3. The zero-order valence-electron chi connectivity index (χ0n) is 21.4. The van der Waals surface area contributed by atoms with Gasteiger partial charge < -0.3 is 25.7 Å². The van der Waals surface area contributed by atoms with E-state index in [1.165, 1.54) is 25.7 Å². The lowest BCUT2D eigenvalue weighted by Gasteiger charge is -2.38. The van der Waals surface area contributed by atoms with Gasteiger partial charge in [0.15, 0.2) is 0 Å². The van der Waals surface area contributed by atoms with Gasteiger partial charge in [0.05, 0.1) is 6.07 Å². The fraction of sp³-hybridized carbons (Fsp3) is 0.833. The van der Waals surface area contributed by atoms with Gasteiger partial charge in [-0.25, -0.2) is 0 Å². The Bertz CT molecular complexity index is 949. The summed E-state index contributed by atoms with van der Waals surface area (Å²) >= 11 is 0. The summed E-state index contributed by atoms with van der Waals surface area (Å²) in [6.07, 6.45) is -5.26. The lowest BCUT2D eigenvalue weighted by atomic mass is 9.85. The lowest BCUT2D eigenvalue weighted by Crippen LogP contribution is -2.59. The fourth-order valence-corrected chi connectivity index (χ4v) is 5.89. The highest BCUT2D eigenvalue weighted by molar-refractivity contribution is 5.91. The molecule has 37 heavy (non-hydrogen) atoms. The summed E-state index contributed by atoms with van der Waals surface area (Å²) in [4.78, 5) is 39.5. The lowest BCUT2D eigenvalue weighted by molar-refractivity contribution is -0.176. The maximum Gasteiger partial charge on any atom is 0.471 e. The highest BCUT2D eigenvalue weighted by Gasteiger charge is 2.70. The topological polar surface area (TPSA) is 155 Å². The first-order chi connectivity index (χ1) is 17.0. The molecule has 0 aromatic rings. The Kier molecular flexibility index (Phi) is 8.17. The van der Waals surface area contributed by atoms with Gasteiger partial charge in [0, 0.05) is 36.9 Å². The maximum atomic E-state index is 13.5. The van der Waals surface area contributed by atoms with Crippen LogP contribution in [-0.4, -0.2) is 83.1 Å². The molecule has 3 amide bonds. The molecule has 0 bridgehead atoms. The zero-order chi connectivity index (χ0) is 27.9. The molecule has 8 atom stereocenters. The molecule has 13 heteroatoms. The predicted octanol–water partition coefficient (Wildman–Crippen LogP) is 0.251. The van der Waals surface area contributed by atoms with Crippen molar-refractivity contribution in [1.29, 1.82) is 5.26 Å². The van der Waals surface area contributed by atoms with Crippen molar-refractivity contribution in [1.82, 2.24) is 20.9 Å². The van der Waals surface area contributed by atoms with Crippen molar-refractivity contribution in [3.63, 3.8) is 0 Å². The molecule has 3 fully saturated rings. The van der Waals surface area contributed by atoms with Crippen LogP contribution in [-0.2, 0) is 14.4 Å². The van der Waals surface area contributed by atoms with Gasteiger partial charge in [0.25, 0.3) is 0 Å². The van der Waals surface area contributed by atoms with Crippen molar-refractivity contribution < 1.29 is 37.8 Å². The van der Waals surface area contributed by atoms with Gasteiger partial charge in [-0.15, -0.1) is 0 Å². The van der Waals surface area contributed by atoms with Crippen molar-refractivity contribution in [2.24, 2.45) is 28.6 Å². The molecule has 5 N–H and O–H groups in total. The van der Waals surface area contributed by atoms with E-state index in [-0.39, 0.29) is 43.7 Å². The van der Waals surface area contributed by atoms with Crippen molar-refractivity contribution in [3.8, 4) is 6.07 Å². The van der Waals surface area contributed by atoms with Crippen LogP contribution < -0.4 is 16.0 Å². The molecule has 0 aromatic heterocycles. The van der Waals surface area contributed by atoms with Crippen molar-refractivity contribution >= 4 is 17.7 Å². The number of carbonyl (C=O) groups excluding carboxylic acids is 3. The molecule has 208 valence electrons. The van der Waals surface area contributed by atoms with Crippen LogP contribution in [0.2, 0.25) is 0 Å². The van der Waals surface area contributed by atoms with Crippen LogP contribution >= 0.6 is 0 Å². The van der Waals surface area contributed by atoms with Gasteiger partial charge in [-0.1, -0.05) is 27.7 Å². The fourth-order valence-electron chi connectivity index (χ4n) is 5.89. The van der Waals surface area contributed by atoms with E-state index < -0.39 is 59.1 Å². The van der Waals surface area contributed by atoms with Gasteiger partial charge in [-0.2, -0.15) is 18.4 Å². The first kappa shape index (κ1) is 29.1. The minimum Gasteiger partial charge on any atom is -0.396 e. The third-order valence-electron chi connectivity index (χ3n) is 8.15. The van der Waals surface area contributed by atoms with E-state index in [0.717, 1.165) is 0 Å². The summed E-state index contributed by atoms with van der Waals surface area (Å²) < 4.78 is 38.9. The Morgan fingerprint density at radius 3 is 2.38 bits per heavy atom. The van der Waals surface area contributed by atoms with E-state index in [2.05, 4.69) is 10.6 Å². The molecular formula is C24H36F3N5O5. The second-order valence-corrected chi connectivity index (χ2v) is 11.8. The second-order valence-electron chi connectivity index (χ2n) is 11.8. The smallest absolute Gasteiger partial charge is 0.396 e. The summed E-state index contributed by atoms with van der Waals surface area (Å²) in [5.74, 6) is -4.08. The number of hydrogen-bond acceptors (Lipinski definition) is 7. The first-order valence-corrected chi connectivity index (χ1v) is 12.4. The summed E-state index contributed by atoms with van der Waals surface area (Å²) in [6, 6.07) is -1.07. The molecule has 2 unspecified atom stereocenters. The molecule has 0 radical (unpaired) electrons. The highest BCUT2D eigenvalue weighted by Crippen LogP contribution is 2.65. The van der Waals surface area contributed by atoms with E-state index >= 15 is 0 Å². The first-order valence-electron chi connectivity index (χ1n) is 12.4. The van der Waals surface area contributed by atoms with Gasteiger partial charge >= 0.3 is 12.1 Å². The number of likely N-dealkylation sites (tertiary alicyclic amines) is 1. The van der Waals surface area contributed by atoms with Gasteiger partial charge in [0.1, 0.15) is 18.3 Å². The quantitative estimate of drug-likeness (QED) is 0.301. The monoisotopic (exact) mass is 531 g/mol. The maximum absolute atomic E-state index is 13.5. The van der Waals surface area contributed by atoms with Crippen LogP contribution in [0.5, 0.6) is 0 Å². The van der Waals surface area contributed by atoms with Crippen LogP contribution in [0.25, 0.3) is 0 Å². The molecule has 2 heterocycles. The number of amides is 3. The molecule has 2 aliphatic heterocycles. The summed E-state index contributed by atoms with van der Waals surface area (Å²) in [5.41, 5.74) is -1.59. The Morgan fingerprint density at radius 2 is 1.89 bits per heavy atom. The number of nitriles is 1. The van der Waals surface area contributed by atoms with Crippen LogP contribution in [0, 0.1) is 39.9 Å². The number of fused-ring (bicyclic) bond motifs is 1. The van der Waals surface area contributed by atoms with E-state index in [9.17, 15) is 43.0 Å². The Morgan fingerprint density at radius 1 is 1.24 bits per heavy atom. The van der Waals surface area contributed by atoms with Crippen molar-refractivity contribution in [3.05, 3.63) is 0 Å². The number of halogens is 3. The molecule has 10 nitrogen and oxygen atoms in total. The molecule has 2 saturated heterocycles. The van der Waals surface area contributed by atoms with Gasteiger partial charge in [-0.05, 0) is 36.6 Å². The number of piperidine rings is 1. The SMILES string of the molecule is CC(C)(C)[C@H](NC(=O)C(F)(F)F)C(=O)N1CC2[C@@H]([C@H]1CC(=O)N[C@H](C#N)C[C@@H]1CCNC1O)[C@]2(C)CO. The molecule has 0 aromatic carbocycles. The van der Waals surface area contributed by atoms with Crippen molar-refractivity contribution in [2.75, 3.05) is 19.7 Å². The number of alkyl halides is 3. The molecule has 1 aliphatic carbocycles. The third-order valence-corrected chi connectivity index (χ3v) is 8.15. The summed E-state index contributed by atoms with van der Waals surface area (Å²) in [6.45, 7) is 6.98. The Hall–Kier alpha value is -2.43. The number of aliphatic hydroxyl groups excluding tert-OH is 2. The normalized spacial score (nSPS) is 32.8. The number of aliphatic hydroxyl groups is 2. The molecule has 0 spiro atoms. The van der Waals surface area contributed by atoms with Gasteiger partial charge in [-0.3, -0.25) is 19.7 Å². The standard InChI is InChI=1S/C24H36F3N5O5/c1-22(2,3)18(31-21(37)24(25,26)27)20(36)32-10-14-17(23(14,4)11-33)15(32)8-16(34)30-13(9-28)7-12-5-6-29-19(12)35/h12-15,17-19,29,33,35H,5-8,10-11H2,1-4H3,(H,30,34)(H,31,37)/t12-,13-,14?,15+,17-,18+,19?,23+/m0/s1. The van der Waals surface area contributed by atoms with Crippen LogP contribution in [0.15, 0.2) is 0 Å². The van der Waals surface area contributed by atoms with Crippen LogP contribution in [0.4, 0.5) is 13.2 Å². The minimum atomic E-state index is -5.17. The Balaban J connectivity index is 1.76. The minimum absolute atomic E-state index is 0.134. The molecule has 3 aliphatic rings. The predicted molar refractivity (Wildman–Crippen MR) is 124 cm³/mol. The molecule has 3 rings (SSSR count). The average molecular weight is 532 g/mol. The van der Waals surface area contributed by atoms with Gasteiger partial charge in [0.2, 0.25) is 11.8 Å². The van der Waals surface area contributed by atoms with E-state index in [1.807, 2.05) is 18.3 Å². The number of rotatable bonds is 8. The van der Waals surface area contributed by atoms with Crippen molar-refractivity contribution in [2.45, 2.75) is 77.5 Å². The largest absolute Gasteiger partial charge is 0.471 e. The second kappa shape index (κ2) is 10.4. The number of nitrogens with zero attached hydrogens (tertiary/aromatic N) is 2. The average Bonchev–Trinajstić information content (AvgIpc) is 3.05. The summed E-state index contributed by atoms with van der Waals surface area (Å²) in [7, 11) is 0. The number of hydrogen-bond donors (Lipinski definition) is 5. The number of carbonyl (C=O) groups is 3. The zero-order valence-corrected chi connectivity index (χ0v) is 21.4.